The van der Waals surface area contributed by atoms with Gasteiger partial charge in [0, 0.05) is 17.7 Å². The largest absolute Gasteiger partial charge is 0.316 e. The quantitative estimate of drug-likeness (QED) is 0.822. The molecular weight excluding hydrogens is 228 g/mol. The summed E-state index contributed by atoms with van der Waals surface area (Å²) in [5.74, 6) is -0.446. The first-order valence-electron chi connectivity index (χ1n) is 5.86. The number of hydrogen-bond donors (Lipinski definition) is 1. The first kappa shape index (κ1) is 12.5. The molecule has 2 amide bonds. The van der Waals surface area contributed by atoms with Gasteiger partial charge >= 0.3 is 0 Å². The van der Waals surface area contributed by atoms with E-state index in [0.717, 1.165) is 5.56 Å². The number of nitrogens with one attached hydrogen (secondary N) is 1. The van der Waals surface area contributed by atoms with Crippen molar-refractivity contribution in [3.63, 3.8) is 0 Å². The molecular formula is C14H16N2O2. The zero-order valence-corrected chi connectivity index (χ0v) is 10.8. The van der Waals surface area contributed by atoms with Gasteiger partial charge in [0.05, 0.1) is 5.69 Å². The van der Waals surface area contributed by atoms with Crippen molar-refractivity contribution in [1.82, 2.24) is 5.32 Å². The van der Waals surface area contributed by atoms with Gasteiger partial charge in [-0.05, 0) is 38.6 Å². The van der Waals surface area contributed by atoms with Crippen molar-refractivity contribution in [3.8, 4) is 0 Å². The first-order valence-corrected chi connectivity index (χ1v) is 5.86. The molecule has 1 aliphatic heterocycles. The number of benzene rings is 1. The zero-order chi connectivity index (χ0) is 13.3. The van der Waals surface area contributed by atoms with Crippen molar-refractivity contribution in [2.45, 2.75) is 20.4 Å². The molecule has 1 aromatic rings. The Morgan fingerprint density at radius 1 is 1.11 bits per heavy atom. The highest BCUT2D eigenvalue weighted by Gasteiger charge is 2.34. The summed E-state index contributed by atoms with van der Waals surface area (Å²) in [4.78, 5) is 25.3. The number of hydrogen-bond acceptors (Lipinski definition) is 3. The van der Waals surface area contributed by atoms with E-state index in [1.807, 2.05) is 25.2 Å². The van der Waals surface area contributed by atoms with Gasteiger partial charge in [0.15, 0.2) is 0 Å². The van der Waals surface area contributed by atoms with Crippen LogP contribution < -0.4 is 10.2 Å². The van der Waals surface area contributed by atoms with Crippen LogP contribution in [0, 0.1) is 0 Å². The Bertz CT molecular complexity index is 522. The highest BCUT2D eigenvalue weighted by molar-refractivity contribution is 6.32. The molecule has 0 radical (unpaired) electrons. The molecule has 0 fully saturated rings. The number of anilines is 1. The highest BCUT2D eigenvalue weighted by atomic mass is 16.2. The fourth-order valence-electron chi connectivity index (χ4n) is 1.99. The van der Waals surface area contributed by atoms with Crippen LogP contribution in [0.5, 0.6) is 0 Å². The normalized spacial score (nSPS) is 15.8. The molecule has 1 aromatic carbocycles. The van der Waals surface area contributed by atoms with Crippen LogP contribution in [0.15, 0.2) is 35.4 Å². The minimum Gasteiger partial charge on any atom is -0.316 e. The second kappa shape index (κ2) is 4.74. The number of nitrogens with zero attached hydrogens (tertiary/aromatic N) is 1. The van der Waals surface area contributed by atoms with E-state index in [4.69, 9.17) is 0 Å². The molecule has 94 valence electrons. The van der Waals surface area contributed by atoms with Crippen molar-refractivity contribution in [3.05, 3.63) is 41.0 Å². The van der Waals surface area contributed by atoms with Gasteiger partial charge in [-0.2, -0.15) is 0 Å². The monoisotopic (exact) mass is 244 g/mol. The molecule has 1 heterocycles. The van der Waals surface area contributed by atoms with Crippen molar-refractivity contribution >= 4 is 17.5 Å². The lowest BCUT2D eigenvalue weighted by Gasteiger charge is -2.15. The molecule has 0 saturated heterocycles. The van der Waals surface area contributed by atoms with Crippen LogP contribution in [0.4, 0.5) is 5.69 Å². The van der Waals surface area contributed by atoms with E-state index in [-0.39, 0.29) is 11.8 Å². The molecule has 0 unspecified atom stereocenters. The summed E-state index contributed by atoms with van der Waals surface area (Å²) >= 11 is 0. The number of carbonyl (C=O) groups is 2. The molecule has 4 nitrogen and oxygen atoms in total. The van der Waals surface area contributed by atoms with Crippen LogP contribution >= 0.6 is 0 Å². The summed E-state index contributed by atoms with van der Waals surface area (Å²) in [5, 5.41) is 3.04. The maximum atomic E-state index is 12.0. The molecule has 0 spiro atoms. The third-order valence-electron chi connectivity index (χ3n) is 3.16. The van der Waals surface area contributed by atoms with Crippen LogP contribution in [0.25, 0.3) is 0 Å². The van der Waals surface area contributed by atoms with Crippen molar-refractivity contribution in [2.75, 3.05) is 11.9 Å². The van der Waals surface area contributed by atoms with E-state index in [1.165, 1.54) is 4.90 Å². The Labute approximate surface area is 106 Å². The van der Waals surface area contributed by atoms with Gasteiger partial charge < -0.3 is 5.32 Å². The van der Waals surface area contributed by atoms with Crippen LogP contribution in [-0.2, 0) is 16.1 Å². The van der Waals surface area contributed by atoms with Crippen molar-refractivity contribution in [2.24, 2.45) is 0 Å². The maximum Gasteiger partial charge on any atom is 0.261 e. The first-order chi connectivity index (χ1) is 8.56. The van der Waals surface area contributed by atoms with Crippen LogP contribution in [-0.4, -0.2) is 18.9 Å². The third-order valence-corrected chi connectivity index (χ3v) is 3.16. The van der Waals surface area contributed by atoms with Crippen LogP contribution in [0.2, 0.25) is 0 Å². The Kier molecular flexibility index (Phi) is 3.30. The fourth-order valence-corrected chi connectivity index (χ4v) is 1.99. The smallest absolute Gasteiger partial charge is 0.261 e. The van der Waals surface area contributed by atoms with Gasteiger partial charge in [-0.15, -0.1) is 0 Å². The van der Waals surface area contributed by atoms with Gasteiger partial charge in [0.2, 0.25) is 0 Å². The van der Waals surface area contributed by atoms with Gasteiger partial charge in [-0.1, -0.05) is 12.1 Å². The molecule has 0 atom stereocenters. The predicted octanol–water partition coefficient (Wildman–Crippen LogP) is 1.62. The van der Waals surface area contributed by atoms with E-state index in [0.29, 0.717) is 23.4 Å². The molecule has 2 rings (SSSR count). The second-order valence-electron chi connectivity index (χ2n) is 4.40. The Balaban J connectivity index is 2.36. The lowest BCUT2D eigenvalue weighted by molar-refractivity contribution is -0.120. The van der Waals surface area contributed by atoms with E-state index >= 15 is 0 Å². The fraction of sp³-hybridized carbons (Fsp3) is 0.286. The van der Waals surface area contributed by atoms with Gasteiger partial charge in [0.25, 0.3) is 11.8 Å². The Hall–Kier alpha value is -1.94. The molecule has 0 aromatic heterocycles. The minimum absolute atomic E-state index is 0.223. The van der Waals surface area contributed by atoms with Gasteiger partial charge in [-0.3, -0.25) is 9.59 Å². The van der Waals surface area contributed by atoms with Crippen molar-refractivity contribution < 1.29 is 9.59 Å². The van der Waals surface area contributed by atoms with E-state index in [9.17, 15) is 9.59 Å². The summed E-state index contributed by atoms with van der Waals surface area (Å²) in [6, 6.07) is 7.45. The van der Waals surface area contributed by atoms with Crippen LogP contribution in [0.1, 0.15) is 19.4 Å². The number of imide groups is 1. The van der Waals surface area contributed by atoms with E-state index in [2.05, 4.69) is 5.32 Å². The lowest BCUT2D eigenvalue weighted by Crippen LogP contribution is -2.31. The van der Waals surface area contributed by atoms with E-state index in [1.54, 1.807) is 19.9 Å². The van der Waals surface area contributed by atoms with Crippen molar-refractivity contribution in [1.29, 1.82) is 0 Å². The predicted molar refractivity (Wildman–Crippen MR) is 70.1 cm³/mol. The lowest BCUT2D eigenvalue weighted by atomic mass is 10.2. The molecule has 1 N–H and O–H groups in total. The average Bonchev–Trinajstić information content (AvgIpc) is 2.55. The highest BCUT2D eigenvalue weighted by Crippen LogP contribution is 2.27. The standard InChI is InChI=1S/C14H16N2O2/c1-9-10(2)14(18)16(13(9)17)12-6-4-5-11(7-12)8-15-3/h4-7,15H,8H2,1-3H3. The van der Waals surface area contributed by atoms with E-state index < -0.39 is 0 Å². The van der Waals surface area contributed by atoms with Crippen LogP contribution in [0.3, 0.4) is 0 Å². The summed E-state index contributed by atoms with van der Waals surface area (Å²) in [6.45, 7) is 4.08. The maximum absolute atomic E-state index is 12.0. The number of carbonyl (C=O) groups excluding carboxylic acids is 2. The SMILES string of the molecule is CNCc1cccc(N2C(=O)C(C)=C(C)C2=O)c1. The average molecular weight is 244 g/mol. The minimum atomic E-state index is -0.223. The van der Waals surface area contributed by atoms with Gasteiger partial charge in [0.1, 0.15) is 0 Å². The molecule has 0 aliphatic carbocycles. The zero-order valence-electron chi connectivity index (χ0n) is 10.8. The Morgan fingerprint density at radius 2 is 1.72 bits per heavy atom. The Morgan fingerprint density at radius 3 is 2.28 bits per heavy atom. The molecule has 1 aliphatic rings. The third kappa shape index (κ3) is 1.95. The summed E-state index contributed by atoms with van der Waals surface area (Å²) in [6.07, 6.45) is 0. The summed E-state index contributed by atoms with van der Waals surface area (Å²) in [7, 11) is 1.86. The second-order valence-corrected chi connectivity index (χ2v) is 4.40. The summed E-state index contributed by atoms with van der Waals surface area (Å²) in [5.41, 5.74) is 2.73. The molecule has 18 heavy (non-hydrogen) atoms. The summed E-state index contributed by atoms with van der Waals surface area (Å²) < 4.78 is 0. The molecule has 0 bridgehead atoms. The topological polar surface area (TPSA) is 49.4 Å². The van der Waals surface area contributed by atoms with Gasteiger partial charge in [-0.25, -0.2) is 4.90 Å². The number of amides is 2. The molecule has 0 saturated carbocycles. The number of rotatable bonds is 3. The molecule has 4 heteroatoms.